The summed E-state index contributed by atoms with van der Waals surface area (Å²) in [6.45, 7) is 0.586. The Morgan fingerprint density at radius 2 is 1.48 bits per heavy atom. The van der Waals surface area contributed by atoms with Crippen molar-refractivity contribution in [1.82, 2.24) is 9.13 Å². The van der Waals surface area contributed by atoms with Crippen LogP contribution in [0.3, 0.4) is 0 Å². The van der Waals surface area contributed by atoms with Gasteiger partial charge in [0, 0.05) is 5.02 Å². The van der Waals surface area contributed by atoms with Crippen LogP contribution in [0.5, 0.6) is 0 Å². The fourth-order valence-electron chi connectivity index (χ4n) is 3.32. The summed E-state index contributed by atoms with van der Waals surface area (Å²) in [6, 6.07) is 20.0. The van der Waals surface area contributed by atoms with Gasteiger partial charge in [-0.1, -0.05) is 71.2 Å². The fraction of sp³-hybridized carbons (Fsp3) is 0.0909. The minimum atomic E-state index is -0.230. The van der Waals surface area contributed by atoms with Gasteiger partial charge >= 0.3 is 0 Å². The average Bonchev–Trinajstić information content (AvgIpc) is 2.72. The number of hydrogen-bond donors (Lipinski definition) is 1. The van der Waals surface area contributed by atoms with Gasteiger partial charge in [0.2, 0.25) is 5.62 Å². The molecule has 7 heteroatoms. The smallest absolute Gasteiger partial charge is 0.263 e. The van der Waals surface area contributed by atoms with Crippen molar-refractivity contribution >= 4 is 45.7 Å². The Morgan fingerprint density at radius 1 is 0.759 bits per heavy atom. The first kappa shape index (κ1) is 19.8. The van der Waals surface area contributed by atoms with E-state index < -0.39 is 0 Å². The molecule has 0 bridgehead atoms. The molecular weight excluding hydrogens is 429 g/mol. The summed E-state index contributed by atoms with van der Waals surface area (Å²) in [4.78, 5) is 13.1. The van der Waals surface area contributed by atoms with Gasteiger partial charge in [0.15, 0.2) is 0 Å². The van der Waals surface area contributed by atoms with Gasteiger partial charge in [0.05, 0.1) is 34.0 Å². The van der Waals surface area contributed by atoms with E-state index in [1.807, 2.05) is 42.5 Å². The summed E-state index contributed by atoms with van der Waals surface area (Å²) in [6.07, 6.45) is 0. The highest BCUT2D eigenvalue weighted by atomic mass is 35.5. The number of aromatic nitrogens is 2. The summed E-state index contributed by atoms with van der Waals surface area (Å²) < 4.78 is 3.22. The second-order valence-electron chi connectivity index (χ2n) is 6.66. The molecule has 0 spiro atoms. The lowest BCUT2D eigenvalue weighted by Gasteiger charge is -2.17. The van der Waals surface area contributed by atoms with Crippen LogP contribution in [0.15, 0.2) is 71.5 Å². The highest BCUT2D eigenvalue weighted by Crippen LogP contribution is 2.23. The Morgan fingerprint density at radius 3 is 2.24 bits per heavy atom. The van der Waals surface area contributed by atoms with Crippen LogP contribution in [0, 0.1) is 5.41 Å². The molecule has 0 atom stereocenters. The van der Waals surface area contributed by atoms with Crippen molar-refractivity contribution in [3.63, 3.8) is 0 Å². The van der Waals surface area contributed by atoms with Crippen molar-refractivity contribution in [2.24, 2.45) is 0 Å². The van der Waals surface area contributed by atoms with Crippen molar-refractivity contribution in [1.29, 1.82) is 5.41 Å². The molecule has 0 aliphatic rings. The highest BCUT2D eigenvalue weighted by Gasteiger charge is 2.13. The Bertz CT molecular complexity index is 1340. The van der Waals surface area contributed by atoms with Crippen LogP contribution in [0.2, 0.25) is 15.1 Å². The maximum absolute atomic E-state index is 13.1. The van der Waals surface area contributed by atoms with Crippen LogP contribution >= 0.6 is 34.8 Å². The molecule has 29 heavy (non-hydrogen) atoms. The third kappa shape index (κ3) is 3.84. The summed E-state index contributed by atoms with van der Waals surface area (Å²) in [5.41, 5.74) is 2.20. The molecule has 0 radical (unpaired) electrons. The molecule has 0 aliphatic carbocycles. The molecule has 146 valence electrons. The van der Waals surface area contributed by atoms with Crippen molar-refractivity contribution in [3.8, 4) is 0 Å². The Hall–Kier alpha value is -2.53. The highest BCUT2D eigenvalue weighted by molar-refractivity contribution is 6.42. The molecule has 4 rings (SSSR count). The number of hydrogen-bond acceptors (Lipinski definition) is 2. The average molecular weight is 445 g/mol. The van der Waals surface area contributed by atoms with Gasteiger partial charge in [-0.05, 0) is 41.5 Å². The van der Waals surface area contributed by atoms with Crippen LogP contribution in [0.25, 0.3) is 10.9 Å². The summed E-state index contributed by atoms with van der Waals surface area (Å²) >= 11 is 18.5. The molecule has 0 amide bonds. The third-order valence-electron chi connectivity index (χ3n) is 4.79. The number of benzene rings is 3. The minimum Gasteiger partial charge on any atom is -0.307 e. The van der Waals surface area contributed by atoms with Gasteiger partial charge < -0.3 is 4.57 Å². The number of para-hydroxylation sites is 1. The quantitative estimate of drug-likeness (QED) is 0.454. The molecule has 0 saturated carbocycles. The van der Waals surface area contributed by atoms with Gasteiger partial charge in [-0.25, -0.2) is 0 Å². The Labute approximate surface area is 182 Å². The Balaban J connectivity index is 1.91. The van der Waals surface area contributed by atoms with Crippen molar-refractivity contribution in [2.75, 3.05) is 0 Å². The molecule has 4 nitrogen and oxygen atoms in total. The summed E-state index contributed by atoms with van der Waals surface area (Å²) in [5.74, 6) is 0. The van der Waals surface area contributed by atoms with E-state index in [1.165, 1.54) is 4.57 Å². The van der Waals surface area contributed by atoms with Crippen LogP contribution < -0.4 is 11.2 Å². The van der Waals surface area contributed by atoms with Gasteiger partial charge in [0.25, 0.3) is 5.56 Å². The van der Waals surface area contributed by atoms with Gasteiger partial charge in [-0.15, -0.1) is 0 Å². The molecule has 1 heterocycles. The van der Waals surface area contributed by atoms with Crippen LogP contribution in [0.1, 0.15) is 11.1 Å². The molecule has 0 aliphatic heterocycles. The SMILES string of the molecule is N=c1n(Cc2ccc(Cl)c(Cl)c2)c(=O)c2ccccc2n1Cc1ccccc1Cl. The second-order valence-corrected chi connectivity index (χ2v) is 7.88. The van der Waals surface area contributed by atoms with E-state index in [9.17, 15) is 4.79 Å². The summed E-state index contributed by atoms with van der Waals surface area (Å²) in [5, 5.41) is 10.8. The van der Waals surface area contributed by atoms with Crippen LogP contribution in [-0.4, -0.2) is 9.13 Å². The molecule has 0 unspecified atom stereocenters. The lowest BCUT2D eigenvalue weighted by molar-refractivity contribution is 0.603. The van der Waals surface area contributed by atoms with Crippen LogP contribution in [0.4, 0.5) is 0 Å². The molecule has 4 aromatic rings. The first-order valence-corrected chi connectivity index (χ1v) is 10.0. The molecule has 1 N–H and O–H groups in total. The normalized spacial score (nSPS) is 11.1. The van der Waals surface area contributed by atoms with E-state index in [1.54, 1.807) is 28.8 Å². The monoisotopic (exact) mass is 443 g/mol. The van der Waals surface area contributed by atoms with E-state index in [2.05, 4.69) is 0 Å². The zero-order valence-electron chi connectivity index (χ0n) is 15.2. The molecule has 1 aromatic heterocycles. The first-order chi connectivity index (χ1) is 14.0. The fourth-order valence-corrected chi connectivity index (χ4v) is 3.83. The predicted octanol–water partition coefficient (Wildman–Crippen LogP) is 5.34. The first-order valence-electron chi connectivity index (χ1n) is 8.90. The third-order valence-corrected chi connectivity index (χ3v) is 5.90. The Kier molecular flexibility index (Phi) is 5.50. The van der Waals surface area contributed by atoms with Gasteiger partial charge in [-0.2, -0.15) is 0 Å². The molecule has 0 saturated heterocycles. The maximum Gasteiger partial charge on any atom is 0.263 e. The van der Waals surface area contributed by atoms with Crippen molar-refractivity contribution in [3.05, 3.63) is 109 Å². The zero-order valence-corrected chi connectivity index (χ0v) is 17.5. The van der Waals surface area contributed by atoms with Crippen molar-refractivity contribution in [2.45, 2.75) is 13.1 Å². The second kappa shape index (κ2) is 8.07. The largest absolute Gasteiger partial charge is 0.307 e. The zero-order chi connectivity index (χ0) is 20.5. The van der Waals surface area contributed by atoms with Crippen molar-refractivity contribution < 1.29 is 0 Å². The number of rotatable bonds is 4. The van der Waals surface area contributed by atoms with E-state index in [0.717, 1.165) is 11.1 Å². The molecule has 3 aromatic carbocycles. The molecular formula is C22H16Cl3N3O. The van der Waals surface area contributed by atoms with Gasteiger partial charge in [-0.3, -0.25) is 14.8 Å². The summed E-state index contributed by atoms with van der Waals surface area (Å²) in [7, 11) is 0. The topological polar surface area (TPSA) is 50.8 Å². The number of nitrogens with one attached hydrogen (secondary N) is 1. The van der Waals surface area contributed by atoms with Gasteiger partial charge in [0.1, 0.15) is 0 Å². The molecule has 0 fully saturated rings. The number of halogens is 3. The number of fused-ring (bicyclic) bond motifs is 1. The lowest BCUT2D eigenvalue weighted by atomic mass is 10.2. The minimum absolute atomic E-state index is 0.0830. The number of nitrogens with zero attached hydrogens (tertiary/aromatic N) is 2. The lowest BCUT2D eigenvalue weighted by Crippen LogP contribution is -2.40. The van der Waals surface area contributed by atoms with E-state index in [-0.39, 0.29) is 17.7 Å². The van der Waals surface area contributed by atoms with Crippen LogP contribution in [-0.2, 0) is 13.1 Å². The van der Waals surface area contributed by atoms with E-state index in [0.29, 0.717) is 32.5 Å². The van der Waals surface area contributed by atoms with E-state index in [4.69, 9.17) is 40.2 Å². The standard InChI is InChI=1S/C22H16Cl3N3O/c23-17-7-3-1-5-15(17)13-27-20-8-4-2-6-16(20)21(29)28(22(27)26)12-14-9-10-18(24)19(25)11-14/h1-11,26H,12-13H2. The predicted molar refractivity (Wildman–Crippen MR) is 118 cm³/mol. The van der Waals surface area contributed by atoms with E-state index >= 15 is 0 Å². The maximum atomic E-state index is 13.1.